The quantitative estimate of drug-likeness (QED) is 0.811. The van der Waals surface area contributed by atoms with Crippen LogP contribution in [0.2, 0.25) is 0 Å². The van der Waals surface area contributed by atoms with Crippen LogP contribution in [0.1, 0.15) is 30.4 Å². The standard InChI is InChI=1S/C14H22N2/c1-11-4-2-5-12(10-11)8-9-16-14-7-3-6-13(14)15/h2,4-5,10,13-14,16H,3,6-9,15H2,1H3. The van der Waals surface area contributed by atoms with E-state index in [2.05, 4.69) is 36.5 Å². The van der Waals surface area contributed by atoms with Crippen LogP contribution in [-0.2, 0) is 6.42 Å². The Morgan fingerprint density at radius 3 is 2.94 bits per heavy atom. The van der Waals surface area contributed by atoms with Crippen LogP contribution >= 0.6 is 0 Å². The third kappa shape index (κ3) is 3.06. The molecule has 2 atom stereocenters. The molecule has 1 aromatic carbocycles. The van der Waals surface area contributed by atoms with Gasteiger partial charge in [-0.15, -0.1) is 0 Å². The Hall–Kier alpha value is -0.860. The second-order valence-electron chi connectivity index (χ2n) is 4.89. The van der Waals surface area contributed by atoms with Crippen molar-refractivity contribution in [3.05, 3.63) is 35.4 Å². The molecule has 1 fully saturated rings. The van der Waals surface area contributed by atoms with Crippen molar-refractivity contribution < 1.29 is 0 Å². The first-order valence-corrected chi connectivity index (χ1v) is 6.30. The van der Waals surface area contributed by atoms with Gasteiger partial charge >= 0.3 is 0 Å². The Labute approximate surface area is 98.2 Å². The molecule has 0 heterocycles. The first-order chi connectivity index (χ1) is 7.75. The summed E-state index contributed by atoms with van der Waals surface area (Å²) in [6.07, 6.45) is 4.81. The summed E-state index contributed by atoms with van der Waals surface area (Å²) in [5.74, 6) is 0. The van der Waals surface area contributed by atoms with Crippen LogP contribution < -0.4 is 11.1 Å². The maximum absolute atomic E-state index is 6.02. The van der Waals surface area contributed by atoms with Crippen molar-refractivity contribution in [3.63, 3.8) is 0 Å². The van der Waals surface area contributed by atoms with E-state index < -0.39 is 0 Å². The van der Waals surface area contributed by atoms with E-state index in [0.29, 0.717) is 12.1 Å². The van der Waals surface area contributed by atoms with Gasteiger partial charge in [-0.1, -0.05) is 36.2 Å². The average molecular weight is 218 g/mol. The van der Waals surface area contributed by atoms with Gasteiger partial charge in [-0.05, 0) is 38.3 Å². The zero-order valence-corrected chi connectivity index (χ0v) is 10.1. The zero-order valence-electron chi connectivity index (χ0n) is 10.1. The molecule has 3 N–H and O–H groups in total. The second kappa shape index (κ2) is 5.46. The predicted molar refractivity (Wildman–Crippen MR) is 68.5 cm³/mol. The molecule has 0 spiro atoms. The SMILES string of the molecule is Cc1cccc(CCNC2CCCC2N)c1. The van der Waals surface area contributed by atoms with E-state index >= 15 is 0 Å². The van der Waals surface area contributed by atoms with Crippen LogP contribution in [0.25, 0.3) is 0 Å². The van der Waals surface area contributed by atoms with E-state index in [1.165, 1.54) is 30.4 Å². The third-order valence-corrected chi connectivity index (χ3v) is 3.47. The summed E-state index contributed by atoms with van der Waals surface area (Å²) in [7, 11) is 0. The summed E-state index contributed by atoms with van der Waals surface area (Å²) < 4.78 is 0. The first kappa shape index (κ1) is 11.6. The summed E-state index contributed by atoms with van der Waals surface area (Å²) in [6.45, 7) is 3.19. The summed E-state index contributed by atoms with van der Waals surface area (Å²) in [5, 5.41) is 3.57. The molecule has 88 valence electrons. The minimum atomic E-state index is 0.373. The molecule has 0 radical (unpaired) electrons. The highest BCUT2D eigenvalue weighted by molar-refractivity contribution is 5.22. The largest absolute Gasteiger partial charge is 0.326 e. The lowest BCUT2D eigenvalue weighted by Gasteiger charge is -2.17. The fraction of sp³-hybridized carbons (Fsp3) is 0.571. The van der Waals surface area contributed by atoms with Crippen molar-refractivity contribution in [2.75, 3.05) is 6.54 Å². The molecule has 16 heavy (non-hydrogen) atoms. The van der Waals surface area contributed by atoms with Gasteiger partial charge in [0.25, 0.3) is 0 Å². The van der Waals surface area contributed by atoms with Crippen molar-refractivity contribution in [1.82, 2.24) is 5.32 Å². The van der Waals surface area contributed by atoms with E-state index in [1.807, 2.05) is 0 Å². The Balaban J connectivity index is 1.75. The highest BCUT2D eigenvalue weighted by Gasteiger charge is 2.22. The number of hydrogen-bond donors (Lipinski definition) is 2. The van der Waals surface area contributed by atoms with Gasteiger partial charge in [0, 0.05) is 12.1 Å². The monoisotopic (exact) mass is 218 g/mol. The lowest BCUT2D eigenvalue weighted by Crippen LogP contribution is -2.41. The minimum absolute atomic E-state index is 0.373. The molecule has 0 aliphatic heterocycles. The van der Waals surface area contributed by atoms with Gasteiger partial charge in [0.15, 0.2) is 0 Å². The van der Waals surface area contributed by atoms with Gasteiger partial charge in [0.2, 0.25) is 0 Å². The van der Waals surface area contributed by atoms with Gasteiger partial charge in [0.1, 0.15) is 0 Å². The van der Waals surface area contributed by atoms with Crippen LogP contribution in [-0.4, -0.2) is 18.6 Å². The van der Waals surface area contributed by atoms with Crippen LogP contribution in [0.5, 0.6) is 0 Å². The maximum Gasteiger partial charge on any atom is 0.0219 e. The fourth-order valence-corrected chi connectivity index (χ4v) is 2.51. The van der Waals surface area contributed by atoms with Crippen LogP contribution in [0, 0.1) is 6.92 Å². The number of aryl methyl sites for hydroxylation is 1. The van der Waals surface area contributed by atoms with Gasteiger partial charge < -0.3 is 11.1 Å². The minimum Gasteiger partial charge on any atom is -0.326 e. The summed E-state index contributed by atoms with van der Waals surface area (Å²) in [5.41, 5.74) is 8.78. The molecule has 1 aliphatic carbocycles. The number of hydrogen-bond acceptors (Lipinski definition) is 2. The average Bonchev–Trinajstić information content (AvgIpc) is 2.65. The highest BCUT2D eigenvalue weighted by atomic mass is 15.0. The lowest BCUT2D eigenvalue weighted by molar-refractivity contribution is 0.479. The first-order valence-electron chi connectivity index (χ1n) is 6.30. The van der Waals surface area contributed by atoms with Gasteiger partial charge in [-0.2, -0.15) is 0 Å². The second-order valence-corrected chi connectivity index (χ2v) is 4.89. The molecule has 0 saturated heterocycles. The van der Waals surface area contributed by atoms with Crippen molar-refractivity contribution >= 4 is 0 Å². The molecular formula is C14H22N2. The Morgan fingerprint density at radius 2 is 2.25 bits per heavy atom. The van der Waals surface area contributed by atoms with Crippen molar-refractivity contribution in [3.8, 4) is 0 Å². The zero-order chi connectivity index (χ0) is 11.4. The van der Waals surface area contributed by atoms with Crippen LogP contribution in [0.4, 0.5) is 0 Å². The summed E-state index contributed by atoms with van der Waals surface area (Å²) in [6, 6.07) is 9.65. The molecule has 0 bridgehead atoms. The maximum atomic E-state index is 6.02. The molecule has 2 heteroatoms. The normalized spacial score (nSPS) is 24.9. The topological polar surface area (TPSA) is 38.0 Å². The molecular weight excluding hydrogens is 196 g/mol. The molecule has 2 unspecified atom stereocenters. The van der Waals surface area contributed by atoms with E-state index in [9.17, 15) is 0 Å². The smallest absolute Gasteiger partial charge is 0.0219 e. The predicted octanol–water partition coefficient (Wildman–Crippen LogP) is 2.01. The molecule has 0 aromatic heterocycles. The van der Waals surface area contributed by atoms with Gasteiger partial charge in [0.05, 0.1) is 0 Å². The van der Waals surface area contributed by atoms with Gasteiger partial charge in [-0.25, -0.2) is 0 Å². The third-order valence-electron chi connectivity index (χ3n) is 3.47. The Morgan fingerprint density at radius 1 is 1.38 bits per heavy atom. The van der Waals surface area contributed by atoms with Crippen LogP contribution in [0.15, 0.2) is 24.3 Å². The number of nitrogens with one attached hydrogen (secondary N) is 1. The fourth-order valence-electron chi connectivity index (χ4n) is 2.51. The number of nitrogens with two attached hydrogens (primary N) is 1. The molecule has 1 aromatic rings. The number of benzene rings is 1. The molecule has 0 amide bonds. The van der Waals surface area contributed by atoms with Crippen molar-refractivity contribution in [1.29, 1.82) is 0 Å². The van der Waals surface area contributed by atoms with E-state index in [-0.39, 0.29) is 0 Å². The van der Waals surface area contributed by atoms with Crippen molar-refractivity contribution in [2.24, 2.45) is 5.73 Å². The lowest BCUT2D eigenvalue weighted by atomic mass is 10.1. The highest BCUT2D eigenvalue weighted by Crippen LogP contribution is 2.16. The van der Waals surface area contributed by atoms with E-state index in [0.717, 1.165) is 13.0 Å². The van der Waals surface area contributed by atoms with E-state index in [1.54, 1.807) is 0 Å². The molecule has 1 aliphatic rings. The number of rotatable bonds is 4. The van der Waals surface area contributed by atoms with E-state index in [4.69, 9.17) is 5.73 Å². The van der Waals surface area contributed by atoms with Gasteiger partial charge in [-0.3, -0.25) is 0 Å². The Kier molecular flexibility index (Phi) is 3.97. The molecule has 1 saturated carbocycles. The summed E-state index contributed by atoms with van der Waals surface area (Å²) in [4.78, 5) is 0. The van der Waals surface area contributed by atoms with Crippen LogP contribution in [0.3, 0.4) is 0 Å². The summed E-state index contributed by atoms with van der Waals surface area (Å²) >= 11 is 0. The Bertz CT molecular complexity index is 335. The molecule has 2 nitrogen and oxygen atoms in total. The molecule has 2 rings (SSSR count). The van der Waals surface area contributed by atoms with Crippen molar-refractivity contribution in [2.45, 2.75) is 44.7 Å².